The second-order valence-corrected chi connectivity index (χ2v) is 8.48. The number of benzene rings is 3. The van der Waals surface area contributed by atoms with Gasteiger partial charge in [0.15, 0.2) is 11.6 Å². The van der Waals surface area contributed by atoms with Gasteiger partial charge in [-0.15, -0.1) is 9.19 Å². The Balaban J connectivity index is 1.86. The average Bonchev–Trinajstić information content (AvgIpc) is 3.19. The van der Waals surface area contributed by atoms with Gasteiger partial charge in [-0.05, 0) is 42.8 Å². The van der Waals surface area contributed by atoms with E-state index in [0.717, 1.165) is 15.2 Å². The van der Waals surface area contributed by atoms with Crippen molar-refractivity contribution >= 4 is 22.2 Å². The highest BCUT2D eigenvalue weighted by atomic mass is 32.2. The van der Waals surface area contributed by atoms with Gasteiger partial charge in [-0.2, -0.15) is 8.42 Å². The fraction of sp³-hybridized carbons (Fsp3) is 0.0435. The zero-order valence-electron chi connectivity index (χ0n) is 16.2. The van der Waals surface area contributed by atoms with Gasteiger partial charge in [-0.1, -0.05) is 66.2 Å². The summed E-state index contributed by atoms with van der Waals surface area (Å²) in [5.41, 5.74) is 2.15. The largest absolute Gasteiger partial charge is 0.507 e. The van der Waals surface area contributed by atoms with Gasteiger partial charge in [0.05, 0.1) is 10.5 Å². The molecule has 0 unspecified atom stereocenters. The molecular formula is C23H19N3O3S. The highest BCUT2D eigenvalue weighted by Crippen LogP contribution is 2.30. The van der Waals surface area contributed by atoms with Crippen molar-refractivity contribution < 1.29 is 13.5 Å². The molecule has 3 aromatic carbocycles. The lowest BCUT2D eigenvalue weighted by atomic mass is 10.2. The van der Waals surface area contributed by atoms with E-state index in [1.807, 2.05) is 37.3 Å². The molecule has 0 saturated heterocycles. The van der Waals surface area contributed by atoms with E-state index in [1.165, 1.54) is 18.2 Å². The van der Waals surface area contributed by atoms with Crippen LogP contribution in [0.1, 0.15) is 17.0 Å². The zero-order valence-corrected chi connectivity index (χ0v) is 17.0. The standard InChI is InChI=1S/C23H19N3O3S/c1-17-11-14-19(15-12-17)30(28,29)26-23(20-9-5-6-10-21(20)27)24-22(25-26)16-13-18-7-3-2-4-8-18/h2-16,27H,1H3/b16-13+. The Hall–Kier alpha value is -3.71. The van der Waals surface area contributed by atoms with E-state index in [-0.39, 0.29) is 27.9 Å². The van der Waals surface area contributed by atoms with Crippen molar-refractivity contribution in [3.63, 3.8) is 0 Å². The first-order valence-electron chi connectivity index (χ1n) is 9.26. The van der Waals surface area contributed by atoms with Crippen LogP contribution in [0.25, 0.3) is 23.5 Å². The SMILES string of the molecule is Cc1ccc(S(=O)(=O)n2nc(/C=C/c3ccccc3)nc2-c2ccccc2O)cc1. The number of aromatic hydroxyl groups is 1. The third kappa shape index (κ3) is 3.88. The molecule has 0 amide bonds. The minimum Gasteiger partial charge on any atom is -0.507 e. The van der Waals surface area contributed by atoms with Crippen LogP contribution >= 0.6 is 0 Å². The van der Waals surface area contributed by atoms with Crippen LogP contribution in [-0.4, -0.2) is 27.7 Å². The van der Waals surface area contributed by atoms with Crippen molar-refractivity contribution in [1.29, 1.82) is 0 Å². The molecule has 0 radical (unpaired) electrons. The van der Waals surface area contributed by atoms with Gasteiger partial charge in [0, 0.05) is 0 Å². The minimum atomic E-state index is -4.02. The first-order chi connectivity index (χ1) is 14.4. The summed E-state index contributed by atoms with van der Waals surface area (Å²) < 4.78 is 27.5. The maximum atomic E-state index is 13.3. The van der Waals surface area contributed by atoms with E-state index >= 15 is 0 Å². The summed E-state index contributed by atoms with van der Waals surface area (Å²) in [6.07, 6.45) is 3.44. The number of aromatic nitrogens is 3. The lowest BCUT2D eigenvalue weighted by molar-refractivity contribution is 0.476. The molecule has 1 heterocycles. The zero-order chi connectivity index (χ0) is 21.1. The minimum absolute atomic E-state index is 0.0430. The van der Waals surface area contributed by atoms with Crippen LogP contribution in [-0.2, 0) is 10.0 Å². The van der Waals surface area contributed by atoms with Crippen molar-refractivity contribution in [3.05, 3.63) is 95.8 Å². The number of phenols is 1. The monoisotopic (exact) mass is 417 g/mol. The molecule has 0 bridgehead atoms. The predicted octanol–water partition coefficient (Wildman–Crippen LogP) is 4.37. The van der Waals surface area contributed by atoms with Crippen LogP contribution in [0.2, 0.25) is 0 Å². The molecule has 0 fully saturated rings. The van der Waals surface area contributed by atoms with Crippen LogP contribution in [0, 0.1) is 6.92 Å². The molecule has 0 spiro atoms. The van der Waals surface area contributed by atoms with E-state index in [9.17, 15) is 13.5 Å². The van der Waals surface area contributed by atoms with E-state index < -0.39 is 10.0 Å². The summed E-state index contributed by atoms with van der Waals surface area (Å²) in [6, 6.07) is 22.5. The molecule has 1 N–H and O–H groups in total. The molecule has 1 aromatic heterocycles. The molecule has 150 valence electrons. The Morgan fingerprint density at radius 3 is 2.23 bits per heavy atom. The summed E-state index contributed by atoms with van der Waals surface area (Å²) in [7, 11) is -4.02. The number of para-hydroxylation sites is 1. The van der Waals surface area contributed by atoms with Crippen molar-refractivity contribution in [2.24, 2.45) is 0 Å². The molecule has 30 heavy (non-hydrogen) atoms. The van der Waals surface area contributed by atoms with Gasteiger partial charge < -0.3 is 5.11 Å². The normalized spacial score (nSPS) is 11.8. The van der Waals surface area contributed by atoms with Crippen molar-refractivity contribution in [2.75, 3.05) is 0 Å². The van der Waals surface area contributed by atoms with E-state index in [0.29, 0.717) is 0 Å². The van der Waals surface area contributed by atoms with Gasteiger partial charge in [0.2, 0.25) is 0 Å². The molecule has 0 aliphatic carbocycles. The Morgan fingerprint density at radius 2 is 1.53 bits per heavy atom. The summed E-state index contributed by atoms with van der Waals surface area (Å²) >= 11 is 0. The quantitative estimate of drug-likeness (QED) is 0.521. The third-order valence-corrected chi connectivity index (χ3v) is 6.09. The number of hydrogen-bond acceptors (Lipinski definition) is 5. The smallest absolute Gasteiger partial charge is 0.285 e. The molecular weight excluding hydrogens is 398 g/mol. The number of phenolic OH excluding ortho intramolecular Hbond substituents is 1. The van der Waals surface area contributed by atoms with Crippen LogP contribution in [0.4, 0.5) is 0 Å². The molecule has 6 nitrogen and oxygen atoms in total. The molecule has 7 heteroatoms. The predicted molar refractivity (Wildman–Crippen MR) is 116 cm³/mol. The van der Waals surface area contributed by atoms with Crippen LogP contribution < -0.4 is 0 Å². The first kappa shape index (κ1) is 19.6. The van der Waals surface area contributed by atoms with E-state index in [2.05, 4.69) is 10.1 Å². The maximum absolute atomic E-state index is 13.3. The number of hydrogen-bond donors (Lipinski definition) is 1. The molecule has 4 rings (SSSR count). The van der Waals surface area contributed by atoms with Crippen LogP contribution in [0.5, 0.6) is 5.75 Å². The Kier molecular flexibility index (Phi) is 5.20. The lowest BCUT2D eigenvalue weighted by Crippen LogP contribution is -2.16. The van der Waals surface area contributed by atoms with Crippen molar-refractivity contribution in [3.8, 4) is 17.1 Å². The molecule has 0 aliphatic heterocycles. The number of nitrogens with zero attached hydrogens (tertiary/aromatic N) is 3. The second-order valence-electron chi connectivity index (χ2n) is 6.72. The van der Waals surface area contributed by atoms with Crippen molar-refractivity contribution in [1.82, 2.24) is 14.2 Å². The maximum Gasteiger partial charge on any atom is 0.285 e. The van der Waals surface area contributed by atoms with Crippen molar-refractivity contribution in [2.45, 2.75) is 11.8 Å². The third-order valence-electron chi connectivity index (χ3n) is 4.51. The lowest BCUT2D eigenvalue weighted by Gasteiger charge is -2.08. The summed E-state index contributed by atoms with van der Waals surface area (Å²) in [5.74, 6) is 0.179. The summed E-state index contributed by atoms with van der Waals surface area (Å²) in [6.45, 7) is 1.88. The number of rotatable bonds is 5. The fourth-order valence-electron chi connectivity index (χ4n) is 2.92. The van der Waals surface area contributed by atoms with Crippen LogP contribution in [0.15, 0.2) is 83.8 Å². The van der Waals surface area contributed by atoms with Gasteiger partial charge in [-0.3, -0.25) is 0 Å². The highest BCUT2D eigenvalue weighted by molar-refractivity contribution is 7.90. The molecule has 0 aliphatic rings. The van der Waals surface area contributed by atoms with Gasteiger partial charge >= 0.3 is 0 Å². The topological polar surface area (TPSA) is 85.1 Å². The van der Waals surface area contributed by atoms with E-state index in [4.69, 9.17) is 0 Å². The summed E-state index contributed by atoms with van der Waals surface area (Å²) in [4.78, 5) is 4.48. The van der Waals surface area contributed by atoms with Crippen LogP contribution in [0.3, 0.4) is 0 Å². The molecule has 0 atom stereocenters. The summed E-state index contributed by atoms with van der Waals surface area (Å²) in [5, 5.41) is 14.5. The van der Waals surface area contributed by atoms with Gasteiger partial charge in [0.1, 0.15) is 5.75 Å². The fourth-order valence-corrected chi connectivity index (χ4v) is 4.16. The Bertz CT molecular complexity index is 1310. The Morgan fingerprint density at radius 1 is 0.867 bits per heavy atom. The van der Waals surface area contributed by atoms with Gasteiger partial charge in [-0.25, -0.2) is 4.98 Å². The first-order valence-corrected chi connectivity index (χ1v) is 10.7. The van der Waals surface area contributed by atoms with E-state index in [1.54, 1.807) is 42.5 Å². The van der Waals surface area contributed by atoms with Gasteiger partial charge in [0.25, 0.3) is 10.0 Å². The molecule has 0 saturated carbocycles. The Labute approximate surface area is 174 Å². The highest BCUT2D eigenvalue weighted by Gasteiger charge is 2.25. The average molecular weight is 417 g/mol. The molecule has 4 aromatic rings. The number of aryl methyl sites for hydroxylation is 1. The second kappa shape index (κ2) is 7.96.